The highest BCUT2D eigenvalue weighted by atomic mass is 35.5. The van der Waals surface area contributed by atoms with Crippen molar-refractivity contribution >= 4 is 23.2 Å². The van der Waals surface area contributed by atoms with Crippen molar-refractivity contribution < 1.29 is 9.72 Å². The van der Waals surface area contributed by atoms with E-state index in [1.54, 1.807) is 6.07 Å². The fourth-order valence-electron chi connectivity index (χ4n) is 3.85. The van der Waals surface area contributed by atoms with Crippen molar-refractivity contribution in [2.45, 2.75) is 18.9 Å². The van der Waals surface area contributed by atoms with E-state index in [1.807, 2.05) is 24.3 Å². The number of likely N-dealkylation sites (tertiary alicyclic amines) is 1. The largest absolute Gasteiger partial charge is 0.350 e. The summed E-state index contributed by atoms with van der Waals surface area (Å²) in [5.41, 5.74) is 1.26. The second kappa shape index (κ2) is 9.23. The van der Waals surface area contributed by atoms with Gasteiger partial charge < -0.3 is 5.32 Å². The summed E-state index contributed by atoms with van der Waals surface area (Å²) in [4.78, 5) is 30.0. The average molecular weight is 441 g/mol. The maximum Gasteiger partial charge on any atom is 0.295 e. The van der Waals surface area contributed by atoms with Crippen LogP contribution in [0, 0.1) is 10.1 Å². The molecular weight excluding hydrogens is 420 g/mol. The number of carbonyl (C=O) groups is 1. The number of nitrogens with zero attached hydrogens (tertiary/aromatic N) is 5. The highest BCUT2D eigenvalue weighted by Crippen LogP contribution is 2.27. The number of hydrogen-bond acceptors (Lipinski definition) is 6. The molecule has 0 spiro atoms. The Labute approximate surface area is 183 Å². The molecule has 1 aliphatic heterocycles. The van der Waals surface area contributed by atoms with Crippen molar-refractivity contribution in [3.63, 3.8) is 0 Å². The Morgan fingerprint density at radius 1 is 1.23 bits per heavy atom. The SMILES string of the molecule is O=C(NCC(c1cccc(Cl)c1)N1CCCC1)c1ccc(-n2cncn2)c([N+](=O)[O-])c1. The standard InChI is InChI=1S/C21H21ClN6O3/c22-17-5-3-4-15(10-17)20(26-8-1-2-9-26)12-24-21(29)16-6-7-18(19(11-16)28(30)31)27-14-23-13-25-27/h3-7,10-11,13-14,20H,1-2,8-9,12H2,(H,24,29). The predicted octanol–water partition coefficient (Wildman–Crippen LogP) is 3.40. The molecule has 1 amide bonds. The van der Waals surface area contributed by atoms with Gasteiger partial charge in [-0.05, 0) is 55.8 Å². The van der Waals surface area contributed by atoms with E-state index in [0.29, 0.717) is 11.6 Å². The van der Waals surface area contributed by atoms with Crippen LogP contribution in [0.4, 0.5) is 5.69 Å². The molecule has 0 saturated carbocycles. The van der Waals surface area contributed by atoms with Gasteiger partial charge in [0.2, 0.25) is 0 Å². The van der Waals surface area contributed by atoms with Gasteiger partial charge in [-0.25, -0.2) is 9.67 Å². The second-order valence-corrected chi connectivity index (χ2v) is 7.76. The molecule has 3 aromatic rings. The van der Waals surface area contributed by atoms with Gasteiger partial charge in [0.1, 0.15) is 18.3 Å². The quantitative estimate of drug-likeness (QED) is 0.445. The third kappa shape index (κ3) is 4.73. The van der Waals surface area contributed by atoms with Crippen LogP contribution in [0.5, 0.6) is 0 Å². The summed E-state index contributed by atoms with van der Waals surface area (Å²) in [6.07, 6.45) is 4.88. The van der Waals surface area contributed by atoms with Gasteiger partial charge in [-0.1, -0.05) is 23.7 Å². The minimum absolute atomic E-state index is 0.0189. The zero-order valence-electron chi connectivity index (χ0n) is 16.6. The summed E-state index contributed by atoms with van der Waals surface area (Å²) in [7, 11) is 0. The monoisotopic (exact) mass is 440 g/mol. The van der Waals surface area contributed by atoms with E-state index in [2.05, 4.69) is 20.3 Å². The number of hydrogen-bond donors (Lipinski definition) is 1. The summed E-state index contributed by atoms with van der Waals surface area (Å²) >= 11 is 6.18. The van der Waals surface area contributed by atoms with Crippen LogP contribution < -0.4 is 5.32 Å². The Morgan fingerprint density at radius 3 is 2.71 bits per heavy atom. The molecule has 160 valence electrons. The Hall–Kier alpha value is -3.30. The highest BCUT2D eigenvalue weighted by Gasteiger charge is 2.25. The van der Waals surface area contributed by atoms with Gasteiger partial charge in [-0.3, -0.25) is 19.8 Å². The maximum absolute atomic E-state index is 12.8. The molecule has 31 heavy (non-hydrogen) atoms. The lowest BCUT2D eigenvalue weighted by Gasteiger charge is -2.28. The number of carbonyl (C=O) groups excluding carboxylic acids is 1. The van der Waals surface area contributed by atoms with Gasteiger partial charge >= 0.3 is 0 Å². The van der Waals surface area contributed by atoms with Gasteiger partial charge in [0.25, 0.3) is 11.6 Å². The van der Waals surface area contributed by atoms with E-state index in [1.165, 1.54) is 29.5 Å². The number of nitrogens with one attached hydrogen (secondary N) is 1. The van der Waals surface area contributed by atoms with Crippen molar-refractivity contribution in [1.82, 2.24) is 25.0 Å². The molecule has 1 N–H and O–H groups in total. The van der Waals surface area contributed by atoms with E-state index < -0.39 is 4.92 Å². The summed E-state index contributed by atoms with van der Waals surface area (Å²) in [5.74, 6) is -0.375. The Balaban J connectivity index is 1.54. The Kier molecular flexibility index (Phi) is 6.24. The van der Waals surface area contributed by atoms with Gasteiger partial charge in [0.05, 0.1) is 11.0 Å². The zero-order valence-corrected chi connectivity index (χ0v) is 17.4. The summed E-state index contributed by atoms with van der Waals surface area (Å²) in [6, 6.07) is 11.9. The molecule has 1 unspecified atom stereocenters. The van der Waals surface area contributed by atoms with E-state index in [4.69, 9.17) is 11.6 Å². The Bertz CT molecular complexity index is 1080. The topological polar surface area (TPSA) is 106 Å². The number of nitro groups is 1. The van der Waals surface area contributed by atoms with Crippen LogP contribution >= 0.6 is 11.6 Å². The van der Waals surface area contributed by atoms with Crippen LogP contribution in [-0.4, -0.2) is 50.1 Å². The van der Waals surface area contributed by atoms with Gasteiger partial charge in [-0.15, -0.1) is 0 Å². The molecule has 1 fully saturated rings. The highest BCUT2D eigenvalue weighted by molar-refractivity contribution is 6.30. The van der Waals surface area contributed by atoms with Crippen LogP contribution in [-0.2, 0) is 0 Å². The van der Waals surface area contributed by atoms with E-state index in [9.17, 15) is 14.9 Å². The number of halogens is 1. The molecule has 1 aliphatic rings. The summed E-state index contributed by atoms with van der Waals surface area (Å²) in [6.45, 7) is 2.27. The lowest BCUT2D eigenvalue weighted by molar-refractivity contribution is -0.384. The van der Waals surface area contributed by atoms with Gasteiger partial charge in [0.15, 0.2) is 0 Å². The second-order valence-electron chi connectivity index (χ2n) is 7.32. The number of benzene rings is 2. The van der Waals surface area contributed by atoms with E-state index in [0.717, 1.165) is 31.5 Å². The van der Waals surface area contributed by atoms with Crippen molar-refractivity contribution in [1.29, 1.82) is 0 Å². The lowest BCUT2D eigenvalue weighted by Crippen LogP contribution is -2.36. The zero-order chi connectivity index (χ0) is 21.8. The first kappa shape index (κ1) is 21.0. The van der Waals surface area contributed by atoms with Crippen molar-refractivity contribution in [2.75, 3.05) is 19.6 Å². The molecule has 10 heteroatoms. The minimum atomic E-state index is -0.535. The number of amides is 1. The van der Waals surface area contributed by atoms with E-state index in [-0.39, 0.29) is 28.9 Å². The average Bonchev–Trinajstić information content (AvgIpc) is 3.48. The van der Waals surface area contributed by atoms with Crippen LogP contribution in [0.15, 0.2) is 55.1 Å². The molecule has 1 aromatic heterocycles. The molecule has 2 aromatic carbocycles. The minimum Gasteiger partial charge on any atom is -0.350 e. The molecule has 0 radical (unpaired) electrons. The van der Waals surface area contributed by atoms with Crippen molar-refractivity contribution in [2.24, 2.45) is 0 Å². The van der Waals surface area contributed by atoms with Crippen LogP contribution in [0.25, 0.3) is 5.69 Å². The van der Waals surface area contributed by atoms with E-state index >= 15 is 0 Å². The smallest absolute Gasteiger partial charge is 0.295 e. The van der Waals surface area contributed by atoms with Crippen molar-refractivity contribution in [3.8, 4) is 5.69 Å². The molecule has 1 atom stereocenters. The number of rotatable bonds is 7. The Morgan fingerprint density at radius 2 is 2.03 bits per heavy atom. The third-order valence-electron chi connectivity index (χ3n) is 5.37. The van der Waals surface area contributed by atoms with Crippen LogP contribution in [0.1, 0.15) is 34.8 Å². The summed E-state index contributed by atoms with van der Waals surface area (Å²) < 4.78 is 1.29. The first-order valence-corrected chi connectivity index (χ1v) is 10.3. The van der Waals surface area contributed by atoms with Gasteiger partial charge in [-0.2, -0.15) is 5.10 Å². The van der Waals surface area contributed by atoms with Crippen LogP contribution in [0.3, 0.4) is 0 Å². The first-order chi connectivity index (χ1) is 15.0. The summed E-state index contributed by atoms with van der Waals surface area (Å²) in [5, 5.41) is 19.1. The predicted molar refractivity (Wildman–Crippen MR) is 115 cm³/mol. The number of aromatic nitrogens is 3. The molecule has 0 bridgehead atoms. The number of nitro benzene ring substituents is 1. The van der Waals surface area contributed by atoms with Gasteiger partial charge in [0, 0.05) is 23.2 Å². The molecule has 4 rings (SSSR count). The van der Waals surface area contributed by atoms with Crippen molar-refractivity contribution in [3.05, 3.63) is 81.4 Å². The fourth-order valence-corrected chi connectivity index (χ4v) is 4.05. The lowest BCUT2D eigenvalue weighted by atomic mass is 10.1. The maximum atomic E-state index is 12.8. The molecular formula is C21H21ClN6O3. The normalized spacial score (nSPS) is 15.0. The molecule has 9 nitrogen and oxygen atoms in total. The molecule has 2 heterocycles. The fraction of sp³-hybridized carbons (Fsp3) is 0.286. The molecule has 1 saturated heterocycles. The third-order valence-corrected chi connectivity index (χ3v) is 5.61. The molecule has 0 aliphatic carbocycles. The first-order valence-electron chi connectivity index (χ1n) is 9.94. The van der Waals surface area contributed by atoms with Crippen LogP contribution in [0.2, 0.25) is 5.02 Å².